The van der Waals surface area contributed by atoms with E-state index in [1.54, 1.807) is 12.1 Å². The molecule has 1 aliphatic carbocycles. The lowest BCUT2D eigenvalue weighted by Gasteiger charge is -2.22. The zero-order chi connectivity index (χ0) is 20.6. The van der Waals surface area contributed by atoms with Crippen LogP contribution in [0.25, 0.3) is 0 Å². The van der Waals surface area contributed by atoms with Crippen molar-refractivity contribution in [1.82, 2.24) is 20.1 Å². The monoisotopic (exact) mass is 435 g/mol. The molecule has 2 aromatic rings. The molecule has 0 spiro atoms. The standard InChI is InChI=1S/C20H26ClN5O2S/c1-26-17(11-12-18(27)23-16-10-6-5-9-15(16)21)24-25-20(26)29-13-19(28)22-14-7-3-2-4-8-14/h5-6,9-10,14H,2-4,7-8,11-13H2,1H3,(H,22,28)(H,23,27). The van der Waals surface area contributed by atoms with Gasteiger partial charge in [-0.2, -0.15) is 0 Å². The summed E-state index contributed by atoms with van der Waals surface area (Å²) in [6.45, 7) is 0. The third kappa shape index (κ3) is 6.47. The van der Waals surface area contributed by atoms with Gasteiger partial charge >= 0.3 is 0 Å². The quantitative estimate of drug-likeness (QED) is 0.618. The maximum absolute atomic E-state index is 12.2. The van der Waals surface area contributed by atoms with Gasteiger partial charge in [0.2, 0.25) is 11.8 Å². The maximum atomic E-state index is 12.2. The van der Waals surface area contributed by atoms with Crippen molar-refractivity contribution in [2.75, 3.05) is 11.1 Å². The second kappa shape index (κ2) is 10.6. The lowest BCUT2D eigenvalue weighted by atomic mass is 9.95. The number of hydrogen-bond donors (Lipinski definition) is 2. The molecule has 0 saturated heterocycles. The summed E-state index contributed by atoms with van der Waals surface area (Å²) < 4.78 is 1.83. The first-order valence-electron chi connectivity index (χ1n) is 9.87. The van der Waals surface area contributed by atoms with Gasteiger partial charge in [-0.15, -0.1) is 10.2 Å². The molecule has 0 atom stereocenters. The molecule has 29 heavy (non-hydrogen) atoms. The Labute approximate surface area is 180 Å². The van der Waals surface area contributed by atoms with E-state index < -0.39 is 0 Å². The fourth-order valence-electron chi connectivity index (χ4n) is 3.34. The number of aromatic nitrogens is 3. The second-order valence-electron chi connectivity index (χ2n) is 7.18. The lowest BCUT2D eigenvalue weighted by molar-refractivity contribution is -0.119. The van der Waals surface area contributed by atoms with Gasteiger partial charge < -0.3 is 15.2 Å². The van der Waals surface area contributed by atoms with E-state index in [-0.39, 0.29) is 18.2 Å². The Hall–Kier alpha value is -2.06. The molecule has 0 radical (unpaired) electrons. The number of thioether (sulfide) groups is 1. The van der Waals surface area contributed by atoms with Crippen LogP contribution in [-0.2, 0) is 23.1 Å². The van der Waals surface area contributed by atoms with Crippen LogP contribution in [0.4, 0.5) is 5.69 Å². The maximum Gasteiger partial charge on any atom is 0.230 e. The summed E-state index contributed by atoms with van der Waals surface area (Å²) in [5.74, 6) is 0.914. The zero-order valence-electron chi connectivity index (χ0n) is 16.5. The number of nitrogens with zero attached hydrogens (tertiary/aromatic N) is 3. The largest absolute Gasteiger partial charge is 0.353 e. The first kappa shape index (κ1) is 21.6. The van der Waals surface area contributed by atoms with Gasteiger partial charge in [-0.25, -0.2) is 0 Å². The summed E-state index contributed by atoms with van der Waals surface area (Å²) in [4.78, 5) is 24.3. The SMILES string of the molecule is Cn1c(CCC(=O)Nc2ccccc2Cl)nnc1SCC(=O)NC1CCCCC1. The number of carbonyl (C=O) groups excluding carboxylic acids is 2. The Morgan fingerprint density at radius 3 is 2.69 bits per heavy atom. The van der Waals surface area contributed by atoms with Gasteiger partial charge in [0.25, 0.3) is 0 Å². The van der Waals surface area contributed by atoms with Gasteiger partial charge in [-0.3, -0.25) is 9.59 Å². The van der Waals surface area contributed by atoms with Gasteiger partial charge in [-0.1, -0.05) is 54.8 Å². The van der Waals surface area contributed by atoms with Crippen LogP contribution in [0.2, 0.25) is 5.02 Å². The minimum atomic E-state index is -0.137. The van der Waals surface area contributed by atoms with Gasteiger partial charge in [0.1, 0.15) is 5.82 Å². The molecule has 1 aromatic heterocycles. The van der Waals surface area contributed by atoms with E-state index in [4.69, 9.17) is 11.6 Å². The Morgan fingerprint density at radius 1 is 1.17 bits per heavy atom. The molecule has 2 amide bonds. The summed E-state index contributed by atoms with van der Waals surface area (Å²) in [7, 11) is 1.85. The first-order valence-corrected chi connectivity index (χ1v) is 11.2. The van der Waals surface area contributed by atoms with E-state index in [0.717, 1.165) is 12.8 Å². The number of nitrogens with one attached hydrogen (secondary N) is 2. The second-order valence-corrected chi connectivity index (χ2v) is 8.53. The van der Waals surface area contributed by atoms with E-state index >= 15 is 0 Å². The Balaban J connectivity index is 1.44. The molecule has 7 nitrogen and oxygen atoms in total. The van der Waals surface area contributed by atoms with Crippen LogP contribution in [0.3, 0.4) is 0 Å². The molecule has 9 heteroatoms. The summed E-state index contributed by atoms with van der Waals surface area (Å²) in [6.07, 6.45) is 6.50. The minimum Gasteiger partial charge on any atom is -0.353 e. The number of amides is 2. The van der Waals surface area contributed by atoms with Crippen LogP contribution < -0.4 is 10.6 Å². The van der Waals surface area contributed by atoms with E-state index in [1.165, 1.54) is 31.0 Å². The van der Waals surface area contributed by atoms with Crippen LogP contribution in [0.5, 0.6) is 0 Å². The summed E-state index contributed by atoms with van der Waals surface area (Å²) in [6, 6.07) is 7.43. The highest BCUT2D eigenvalue weighted by Crippen LogP contribution is 2.21. The lowest BCUT2D eigenvalue weighted by Crippen LogP contribution is -2.37. The summed E-state index contributed by atoms with van der Waals surface area (Å²) in [5, 5.41) is 15.4. The highest BCUT2D eigenvalue weighted by Gasteiger charge is 2.17. The van der Waals surface area contributed by atoms with Gasteiger partial charge in [0.05, 0.1) is 16.5 Å². The molecule has 3 rings (SSSR count). The van der Waals surface area contributed by atoms with Crippen molar-refractivity contribution in [1.29, 1.82) is 0 Å². The molecule has 1 aliphatic rings. The predicted molar refractivity (Wildman–Crippen MR) is 115 cm³/mol. The number of rotatable bonds is 8. The predicted octanol–water partition coefficient (Wildman–Crippen LogP) is 3.58. The number of benzene rings is 1. The number of carbonyl (C=O) groups is 2. The molecule has 1 heterocycles. The molecule has 1 aromatic carbocycles. The van der Waals surface area contributed by atoms with Crippen molar-refractivity contribution < 1.29 is 9.59 Å². The molecule has 2 N–H and O–H groups in total. The number of hydrogen-bond acceptors (Lipinski definition) is 5. The van der Waals surface area contributed by atoms with E-state index in [9.17, 15) is 9.59 Å². The van der Waals surface area contributed by atoms with E-state index in [1.807, 2.05) is 23.7 Å². The molecule has 0 bridgehead atoms. The molecular weight excluding hydrogens is 410 g/mol. The molecule has 0 aliphatic heterocycles. The number of anilines is 1. The smallest absolute Gasteiger partial charge is 0.230 e. The van der Waals surface area contributed by atoms with Crippen LogP contribution in [0, 0.1) is 0 Å². The van der Waals surface area contributed by atoms with Crippen molar-refractivity contribution in [3.63, 3.8) is 0 Å². The summed E-state index contributed by atoms with van der Waals surface area (Å²) >= 11 is 7.42. The highest BCUT2D eigenvalue weighted by atomic mass is 35.5. The molecule has 1 fully saturated rings. The highest BCUT2D eigenvalue weighted by molar-refractivity contribution is 7.99. The third-order valence-corrected chi connectivity index (χ3v) is 6.30. The molecule has 0 unspecified atom stereocenters. The van der Waals surface area contributed by atoms with E-state index in [2.05, 4.69) is 20.8 Å². The average Bonchev–Trinajstić information content (AvgIpc) is 3.07. The minimum absolute atomic E-state index is 0.0329. The first-order chi connectivity index (χ1) is 14.0. The van der Waals surface area contributed by atoms with Crippen molar-refractivity contribution in [2.24, 2.45) is 7.05 Å². The van der Waals surface area contributed by atoms with Gasteiger partial charge in [0.15, 0.2) is 5.16 Å². The number of halogens is 1. The molecular formula is C20H26ClN5O2S. The Kier molecular flexibility index (Phi) is 7.94. The van der Waals surface area contributed by atoms with Crippen LogP contribution in [0.1, 0.15) is 44.3 Å². The molecule has 1 saturated carbocycles. The third-order valence-electron chi connectivity index (χ3n) is 4.95. The Morgan fingerprint density at radius 2 is 1.93 bits per heavy atom. The Bertz CT molecular complexity index is 851. The van der Waals surface area contributed by atoms with Gasteiger partial charge in [0, 0.05) is 25.9 Å². The fourth-order valence-corrected chi connectivity index (χ4v) is 4.26. The zero-order valence-corrected chi connectivity index (χ0v) is 18.1. The van der Waals surface area contributed by atoms with Gasteiger partial charge in [-0.05, 0) is 25.0 Å². The van der Waals surface area contributed by atoms with Crippen molar-refractivity contribution in [3.05, 3.63) is 35.1 Å². The fraction of sp³-hybridized carbons (Fsp3) is 0.500. The summed E-state index contributed by atoms with van der Waals surface area (Å²) in [5.41, 5.74) is 0.595. The average molecular weight is 436 g/mol. The van der Waals surface area contributed by atoms with Crippen LogP contribution >= 0.6 is 23.4 Å². The number of para-hydroxylation sites is 1. The van der Waals surface area contributed by atoms with Crippen LogP contribution in [0.15, 0.2) is 29.4 Å². The van der Waals surface area contributed by atoms with Crippen molar-refractivity contribution in [3.8, 4) is 0 Å². The topological polar surface area (TPSA) is 88.9 Å². The van der Waals surface area contributed by atoms with Crippen LogP contribution in [-0.4, -0.2) is 38.4 Å². The molecule has 156 valence electrons. The van der Waals surface area contributed by atoms with Crippen molar-refractivity contribution in [2.45, 2.75) is 56.1 Å². The van der Waals surface area contributed by atoms with Crippen molar-refractivity contribution >= 4 is 40.9 Å². The number of aryl methyl sites for hydroxylation is 1. The van der Waals surface area contributed by atoms with E-state index in [0.29, 0.717) is 39.9 Å². The normalized spacial score (nSPS) is 14.6.